The van der Waals surface area contributed by atoms with Gasteiger partial charge in [-0.15, -0.1) is 0 Å². The van der Waals surface area contributed by atoms with Crippen molar-refractivity contribution in [1.29, 1.82) is 0 Å². The van der Waals surface area contributed by atoms with Gasteiger partial charge in [-0.25, -0.2) is 9.78 Å². The Hall–Kier alpha value is -5.89. The maximum Gasteiger partial charge on any atom is 0.326 e. The van der Waals surface area contributed by atoms with E-state index in [1.165, 1.54) is 17.2 Å². The van der Waals surface area contributed by atoms with Gasteiger partial charge in [-0.05, 0) is 77.4 Å². The van der Waals surface area contributed by atoms with Crippen LogP contribution in [0.5, 0.6) is 5.75 Å². The average Bonchev–Trinajstić information content (AvgIpc) is 3.66. The molecule has 1 atom stereocenters. The van der Waals surface area contributed by atoms with Crippen LogP contribution in [0.2, 0.25) is 0 Å². The van der Waals surface area contributed by atoms with Crippen molar-refractivity contribution in [2.75, 3.05) is 0 Å². The molecule has 1 unspecified atom stereocenters. The Bertz CT molecular complexity index is 2280. The van der Waals surface area contributed by atoms with E-state index in [4.69, 9.17) is 4.98 Å². The third kappa shape index (κ3) is 5.16. The predicted octanol–water partition coefficient (Wildman–Crippen LogP) is 7.28. The third-order valence-electron chi connectivity index (χ3n) is 8.49. The number of nitrogens with one attached hydrogen (secondary N) is 3. The number of aromatic nitrogens is 3. The molecule has 0 aliphatic rings. The minimum Gasteiger partial charge on any atom is -0.507 e. The van der Waals surface area contributed by atoms with Crippen LogP contribution in [0.3, 0.4) is 0 Å². The summed E-state index contributed by atoms with van der Waals surface area (Å²) in [6.07, 6.45) is 1.86. The highest BCUT2D eigenvalue weighted by Gasteiger charge is 2.24. The first-order chi connectivity index (χ1) is 21.7. The van der Waals surface area contributed by atoms with Crippen molar-refractivity contribution in [3.05, 3.63) is 119 Å². The SMILES string of the molecule is Cc1ccc(-c2cccc(-c3nc4c(ccc5cc(C(=O)NC(Cc6c[nH]c7ccccc67)C(=O)O)cc(O)c54)[nH]3)c2)cc1C. The number of fused-ring (bicyclic) bond motifs is 4. The van der Waals surface area contributed by atoms with Gasteiger partial charge in [0.25, 0.3) is 5.91 Å². The molecule has 2 aromatic heterocycles. The molecule has 0 spiro atoms. The van der Waals surface area contributed by atoms with Gasteiger partial charge in [0.05, 0.1) is 10.9 Å². The lowest BCUT2D eigenvalue weighted by molar-refractivity contribution is -0.139. The van der Waals surface area contributed by atoms with Crippen molar-refractivity contribution in [1.82, 2.24) is 20.3 Å². The fourth-order valence-electron chi connectivity index (χ4n) is 5.91. The first-order valence-corrected chi connectivity index (χ1v) is 14.7. The van der Waals surface area contributed by atoms with E-state index in [0.717, 1.165) is 38.7 Å². The largest absolute Gasteiger partial charge is 0.507 e. The second kappa shape index (κ2) is 11.0. The zero-order valence-corrected chi connectivity index (χ0v) is 24.7. The summed E-state index contributed by atoms with van der Waals surface area (Å²) < 4.78 is 0. The van der Waals surface area contributed by atoms with E-state index in [9.17, 15) is 19.8 Å². The van der Waals surface area contributed by atoms with Crippen molar-refractivity contribution in [2.24, 2.45) is 0 Å². The minimum absolute atomic E-state index is 0.103. The van der Waals surface area contributed by atoms with E-state index >= 15 is 0 Å². The molecule has 45 heavy (non-hydrogen) atoms. The fraction of sp³-hybridized carbons (Fsp3) is 0.108. The van der Waals surface area contributed by atoms with Gasteiger partial charge in [-0.1, -0.05) is 60.7 Å². The van der Waals surface area contributed by atoms with Gasteiger partial charge in [0.2, 0.25) is 0 Å². The fourth-order valence-corrected chi connectivity index (χ4v) is 5.91. The number of carboxylic acids is 1. The molecule has 2 heterocycles. The summed E-state index contributed by atoms with van der Waals surface area (Å²) in [4.78, 5) is 36.8. The number of benzene rings is 5. The number of aliphatic carboxylic acids is 1. The standard InChI is InChI=1S/C37H30N4O4/c1-20-10-11-23(14-21(20)2)22-6-5-7-25(15-22)35-39-30-13-12-24-16-26(18-32(42)33(24)34(30)41-35)36(43)40-31(37(44)45)17-27-19-38-29-9-4-3-8-28(27)29/h3-16,18-19,31,38,42H,17H2,1-2H3,(H,39,41)(H,40,43)(H,44,45). The molecule has 7 aromatic rings. The summed E-state index contributed by atoms with van der Waals surface area (Å²) in [5.74, 6) is -1.20. The lowest BCUT2D eigenvalue weighted by Gasteiger charge is -2.15. The van der Waals surface area contributed by atoms with Crippen LogP contribution in [-0.2, 0) is 11.2 Å². The Balaban J connectivity index is 1.19. The van der Waals surface area contributed by atoms with Gasteiger partial charge < -0.3 is 25.5 Å². The lowest BCUT2D eigenvalue weighted by Crippen LogP contribution is -2.42. The van der Waals surface area contributed by atoms with Crippen LogP contribution < -0.4 is 5.32 Å². The summed E-state index contributed by atoms with van der Waals surface area (Å²) in [5.41, 5.74) is 8.72. The molecule has 7 rings (SSSR count). The minimum atomic E-state index is -1.16. The number of H-pyrrole nitrogens is 2. The number of phenols is 1. The lowest BCUT2D eigenvalue weighted by atomic mass is 9.99. The Kier molecular flexibility index (Phi) is 6.82. The Morgan fingerprint density at radius 2 is 1.64 bits per heavy atom. The van der Waals surface area contributed by atoms with Crippen molar-refractivity contribution < 1.29 is 19.8 Å². The Labute approximate surface area is 258 Å². The maximum atomic E-state index is 13.3. The third-order valence-corrected chi connectivity index (χ3v) is 8.49. The Morgan fingerprint density at radius 1 is 0.844 bits per heavy atom. The van der Waals surface area contributed by atoms with Crippen LogP contribution >= 0.6 is 0 Å². The van der Waals surface area contributed by atoms with Gasteiger partial charge in [-0.3, -0.25) is 4.79 Å². The molecule has 0 saturated heterocycles. The van der Waals surface area contributed by atoms with E-state index in [0.29, 0.717) is 22.1 Å². The normalized spacial score (nSPS) is 12.1. The van der Waals surface area contributed by atoms with Gasteiger partial charge in [-0.2, -0.15) is 0 Å². The number of aryl methyl sites for hydroxylation is 2. The molecule has 5 aromatic carbocycles. The number of nitrogens with zero attached hydrogens (tertiary/aromatic N) is 1. The maximum absolute atomic E-state index is 13.3. The number of imidazole rings is 1. The predicted molar refractivity (Wildman–Crippen MR) is 177 cm³/mol. The number of carboxylic acid groups (broad SMARTS) is 1. The zero-order chi connectivity index (χ0) is 31.2. The smallest absolute Gasteiger partial charge is 0.326 e. The summed E-state index contributed by atoms with van der Waals surface area (Å²) in [5, 5.41) is 25.7. The average molecular weight is 595 g/mol. The highest BCUT2D eigenvalue weighted by molar-refractivity contribution is 6.11. The molecule has 222 valence electrons. The number of hydrogen-bond acceptors (Lipinski definition) is 4. The van der Waals surface area contributed by atoms with Crippen LogP contribution in [-0.4, -0.2) is 43.1 Å². The van der Waals surface area contributed by atoms with Crippen LogP contribution in [0.25, 0.3) is 55.2 Å². The quantitative estimate of drug-likeness (QED) is 0.132. The number of amides is 1. The summed E-state index contributed by atoms with van der Waals surface area (Å²) in [6, 6.07) is 27.6. The van der Waals surface area contributed by atoms with E-state index in [1.54, 1.807) is 12.3 Å². The summed E-state index contributed by atoms with van der Waals surface area (Å²) in [6.45, 7) is 4.20. The number of aromatic hydroxyl groups is 1. The first-order valence-electron chi connectivity index (χ1n) is 14.7. The van der Waals surface area contributed by atoms with Crippen LogP contribution in [0.4, 0.5) is 0 Å². The Morgan fingerprint density at radius 3 is 2.47 bits per heavy atom. The number of carbonyl (C=O) groups excluding carboxylic acids is 1. The topological polar surface area (TPSA) is 131 Å². The van der Waals surface area contributed by atoms with E-state index < -0.39 is 17.9 Å². The van der Waals surface area contributed by atoms with Crippen molar-refractivity contribution >= 4 is 44.6 Å². The zero-order valence-electron chi connectivity index (χ0n) is 24.7. The number of carbonyl (C=O) groups is 2. The molecular weight excluding hydrogens is 564 g/mol. The molecule has 5 N–H and O–H groups in total. The molecule has 8 heteroatoms. The second-order valence-corrected chi connectivity index (χ2v) is 11.4. The molecule has 0 bridgehead atoms. The number of para-hydroxylation sites is 1. The molecule has 0 radical (unpaired) electrons. The molecule has 0 aliphatic heterocycles. The van der Waals surface area contributed by atoms with Crippen LogP contribution in [0, 0.1) is 13.8 Å². The van der Waals surface area contributed by atoms with E-state index in [-0.39, 0.29) is 17.7 Å². The molecule has 0 saturated carbocycles. The monoisotopic (exact) mass is 594 g/mol. The van der Waals surface area contributed by atoms with Crippen LogP contribution in [0.1, 0.15) is 27.0 Å². The van der Waals surface area contributed by atoms with Gasteiger partial charge >= 0.3 is 5.97 Å². The highest BCUT2D eigenvalue weighted by atomic mass is 16.4. The molecule has 8 nitrogen and oxygen atoms in total. The van der Waals surface area contributed by atoms with Gasteiger partial charge in [0.15, 0.2) is 0 Å². The van der Waals surface area contributed by atoms with Crippen molar-refractivity contribution in [2.45, 2.75) is 26.3 Å². The van der Waals surface area contributed by atoms with Crippen molar-refractivity contribution in [3.63, 3.8) is 0 Å². The summed E-state index contributed by atoms with van der Waals surface area (Å²) >= 11 is 0. The molecular formula is C37H30N4O4. The second-order valence-electron chi connectivity index (χ2n) is 11.4. The molecule has 0 fully saturated rings. The summed E-state index contributed by atoms with van der Waals surface area (Å²) in [7, 11) is 0. The number of aromatic amines is 2. The van der Waals surface area contributed by atoms with Gasteiger partial charge in [0.1, 0.15) is 23.1 Å². The van der Waals surface area contributed by atoms with Crippen LogP contribution in [0.15, 0.2) is 97.2 Å². The number of rotatable bonds is 7. The molecule has 1 amide bonds. The van der Waals surface area contributed by atoms with Crippen molar-refractivity contribution in [3.8, 4) is 28.3 Å². The number of hydrogen-bond donors (Lipinski definition) is 5. The first kappa shape index (κ1) is 27.9. The highest BCUT2D eigenvalue weighted by Crippen LogP contribution is 2.35. The molecule has 0 aliphatic carbocycles. The van der Waals surface area contributed by atoms with Gasteiger partial charge in [0, 0.05) is 34.6 Å². The van der Waals surface area contributed by atoms with E-state index in [2.05, 4.69) is 59.5 Å². The van der Waals surface area contributed by atoms with E-state index in [1.807, 2.05) is 48.5 Å². The number of phenolic OH excluding ortho intramolecular Hbond substituents is 1.